The average Bonchev–Trinajstić information content (AvgIpc) is 2.25. The van der Waals surface area contributed by atoms with Gasteiger partial charge in [0.05, 0.1) is 6.61 Å². The summed E-state index contributed by atoms with van der Waals surface area (Å²) in [5.74, 6) is -0.533. The van der Waals surface area contributed by atoms with E-state index in [0.717, 1.165) is 0 Å². The van der Waals surface area contributed by atoms with Gasteiger partial charge >= 0.3 is 0 Å². The first-order valence-corrected chi connectivity index (χ1v) is 4.75. The molecule has 92 valence electrons. The van der Waals surface area contributed by atoms with E-state index in [9.17, 15) is 15.0 Å². The second-order valence-corrected chi connectivity index (χ2v) is 3.42. The molecule has 0 aromatic heterocycles. The molecule has 0 aromatic rings. The van der Waals surface area contributed by atoms with Crippen molar-refractivity contribution in [2.75, 3.05) is 13.7 Å². The van der Waals surface area contributed by atoms with E-state index in [1.54, 1.807) is 0 Å². The van der Waals surface area contributed by atoms with Crippen molar-refractivity contribution in [3.63, 3.8) is 0 Å². The number of aliphatic hydroxyl groups excluding tert-OH is 3. The monoisotopic (exact) mass is 233 g/mol. The third kappa shape index (κ3) is 2.63. The van der Waals surface area contributed by atoms with Crippen LogP contribution >= 0.6 is 0 Å². The Morgan fingerprint density at radius 2 is 2.19 bits per heavy atom. The minimum absolute atomic E-state index is 0.0906. The first-order chi connectivity index (χ1) is 7.51. The zero-order chi connectivity index (χ0) is 12.3. The van der Waals surface area contributed by atoms with Gasteiger partial charge in [-0.15, -0.1) is 0 Å². The number of nitrogens with zero attached hydrogens (tertiary/aromatic N) is 1. The van der Waals surface area contributed by atoms with E-state index in [4.69, 9.17) is 14.6 Å². The standard InChI is InChI=1S/C9H15NO6/c1-4(12)10-6-8(14)7(13)5(3-11)16-9(6)15-2/h5,7-9,11,13-14H,3H2,1-2H3. The van der Waals surface area contributed by atoms with Crippen LogP contribution in [0.15, 0.2) is 4.99 Å². The number of rotatable bonds is 2. The third-order valence-corrected chi connectivity index (χ3v) is 2.23. The topological polar surface area (TPSA) is 109 Å². The number of methoxy groups -OCH3 is 1. The fourth-order valence-corrected chi connectivity index (χ4v) is 1.45. The van der Waals surface area contributed by atoms with Gasteiger partial charge in [0.15, 0.2) is 6.29 Å². The number of ether oxygens (including phenoxy) is 2. The van der Waals surface area contributed by atoms with Crippen LogP contribution in [0.1, 0.15) is 6.92 Å². The summed E-state index contributed by atoms with van der Waals surface area (Å²) in [5, 5.41) is 28.1. The number of hydrogen-bond acceptors (Lipinski definition) is 6. The van der Waals surface area contributed by atoms with E-state index in [2.05, 4.69) is 4.99 Å². The molecule has 7 nitrogen and oxygen atoms in total. The lowest BCUT2D eigenvalue weighted by atomic mass is 10.00. The Morgan fingerprint density at radius 1 is 1.56 bits per heavy atom. The smallest absolute Gasteiger partial charge is 0.242 e. The van der Waals surface area contributed by atoms with E-state index in [-0.39, 0.29) is 5.71 Å². The minimum atomic E-state index is -1.39. The minimum Gasteiger partial charge on any atom is -0.394 e. The molecule has 16 heavy (non-hydrogen) atoms. The number of carbonyl (C=O) groups is 1. The Morgan fingerprint density at radius 3 is 2.62 bits per heavy atom. The summed E-state index contributed by atoms with van der Waals surface area (Å²) in [6.45, 7) is 0.738. The summed E-state index contributed by atoms with van der Waals surface area (Å²) in [6.07, 6.45) is -4.74. The SMILES string of the molecule is COC1OC(CO)C(O)C(O)C1=NC(C)=O. The predicted octanol–water partition coefficient (Wildman–Crippen LogP) is -1.94. The van der Waals surface area contributed by atoms with Gasteiger partial charge in [-0.05, 0) is 0 Å². The van der Waals surface area contributed by atoms with Crippen LogP contribution in [0.3, 0.4) is 0 Å². The highest BCUT2D eigenvalue weighted by atomic mass is 16.7. The van der Waals surface area contributed by atoms with Crippen molar-refractivity contribution in [1.29, 1.82) is 0 Å². The molecule has 1 rings (SSSR count). The molecule has 1 fully saturated rings. The highest BCUT2D eigenvalue weighted by Gasteiger charge is 2.41. The third-order valence-electron chi connectivity index (χ3n) is 2.23. The van der Waals surface area contributed by atoms with Gasteiger partial charge in [-0.1, -0.05) is 0 Å². The number of aliphatic imine (C=N–C) groups is 1. The molecule has 1 heterocycles. The molecule has 0 radical (unpaired) electrons. The first kappa shape index (κ1) is 13.2. The van der Waals surface area contributed by atoms with E-state index in [0.29, 0.717) is 0 Å². The highest BCUT2D eigenvalue weighted by Crippen LogP contribution is 2.19. The Labute approximate surface area is 92.3 Å². The lowest BCUT2D eigenvalue weighted by Crippen LogP contribution is -2.56. The zero-order valence-electron chi connectivity index (χ0n) is 9.03. The van der Waals surface area contributed by atoms with Crippen LogP contribution in [-0.4, -0.2) is 65.3 Å². The number of carbonyl (C=O) groups excluding carboxylic acids is 1. The van der Waals surface area contributed by atoms with E-state index in [1.165, 1.54) is 14.0 Å². The van der Waals surface area contributed by atoms with E-state index in [1.807, 2.05) is 0 Å². The maximum atomic E-state index is 10.8. The molecule has 0 aliphatic carbocycles. The van der Waals surface area contributed by atoms with Gasteiger partial charge in [0.2, 0.25) is 5.91 Å². The van der Waals surface area contributed by atoms with Crippen LogP contribution in [-0.2, 0) is 14.3 Å². The van der Waals surface area contributed by atoms with Crippen LogP contribution in [0.4, 0.5) is 0 Å². The lowest BCUT2D eigenvalue weighted by molar-refractivity contribution is -0.191. The van der Waals surface area contributed by atoms with Crippen molar-refractivity contribution in [3.8, 4) is 0 Å². The summed E-state index contributed by atoms with van der Waals surface area (Å²) >= 11 is 0. The van der Waals surface area contributed by atoms with Crippen molar-refractivity contribution in [2.45, 2.75) is 31.5 Å². The second kappa shape index (κ2) is 5.46. The molecule has 4 unspecified atom stereocenters. The van der Waals surface area contributed by atoms with Gasteiger partial charge < -0.3 is 24.8 Å². The molecule has 0 aromatic carbocycles. The van der Waals surface area contributed by atoms with Crippen molar-refractivity contribution in [3.05, 3.63) is 0 Å². The van der Waals surface area contributed by atoms with Crippen LogP contribution in [0.25, 0.3) is 0 Å². The van der Waals surface area contributed by atoms with Gasteiger partial charge in [-0.2, -0.15) is 0 Å². The van der Waals surface area contributed by atoms with Gasteiger partial charge in [-0.25, -0.2) is 4.99 Å². The number of aliphatic hydroxyl groups is 3. The van der Waals surface area contributed by atoms with Crippen LogP contribution < -0.4 is 0 Å². The Bertz CT molecular complexity index is 288. The summed E-state index contributed by atoms with van der Waals surface area (Å²) in [7, 11) is 1.30. The molecule has 1 aliphatic rings. The van der Waals surface area contributed by atoms with Crippen molar-refractivity contribution < 1.29 is 29.6 Å². The fraction of sp³-hybridized carbons (Fsp3) is 0.778. The van der Waals surface area contributed by atoms with Crippen LogP contribution in [0, 0.1) is 0 Å². The second-order valence-electron chi connectivity index (χ2n) is 3.42. The van der Waals surface area contributed by atoms with Gasteiger partial charge in [-0.3, -0.25) is 4.79 Å². The van der Waals surface area contributed by atoms with E-state index < -0.39 is 37.1 Å². The van der Waals surface area contributed by atoms with Gasteiger partial charge in [0, 0.05) is 14.0 Å². The molecule has 1 aliphatic heterocycles. The van der Waals surface area contributed by atoms with Gasteiger partial charge in [0.25, 0.3) is 0 Å². The lowest BCUT2D eigenvalue weighted by Gasteiger charge is -2.36. The molecular weight excluding hydrogens is 218 g/mol. The molecular formula is C9H15NO6. The largest absolute Gasteiger partial charge is 0.394 e. The molecule has 0 saturated carbocycles. The normalized spacial score (nSPS) is 37.7. The maximum absolute atomic E-state index is 10.8. The fourth-order valence-electron chi connectivity index (χ4n) is 1.45. The number of amides is 1. The summed E-state index contributed by atoms with van der Waals surface area (Å²) in [4.78, 5) is 14.4. The molecule has 3 N–H and O–H groups in total. The Kier molecular flexibility index (Phi) is 4.51. The van der Waals surface area contributed by atoms with E-state index >= 15 is 0 Å². The molecule has 0 spiro atoms. The highest BCUT2D eigenvalue weighted by molar-refractivity contribution is 6.00. The summed E-state index contributed by atoms with van der Waals surface area (Å²) in [5.41, 5.74) is -0.0906. The summed E-state index contributed by atoms with van der Waals surface area (Å²) in [6, 6.07) is 0. The number of hydrogen-bond donors (Lipinski definition) is 3. The zero-order valence-corrected chi connectivity index (χ0v) is 9.03. The molecule has 1 amide bonds. The Balaban J connectivity index is 2.95. The molecule has 4 atom stereocenters. The molecule has 0 bridgehead atoms. The average molecular weight is 233 g/mol. The quantitative estimate of drug-likeness (QED) is 0.512. The molecule has 1 saturated heterocycles. The van der Waals surface area contributed by atoms with Crippen molar-refractivity contribution >= 4 is 11.6 Å². The predicted molar refractivity (Wildman–Crippen MR) is 52.9 cm³/mol. The molecule has 7 heteroatoms. The Hall–Kier alpha value is -0.860. The maximum Gasteiger partial charge on any atom is 0.242 e. The van der Waals surface area contributed by atoms with Crippen molar-refractivity contribution in [1.82, 2.24) is 0 Å². The first-order valence-electron chi connectivity index (χ1n) is 4.75. The van der Waals surface area contributed by atoms with Crippen LogP contribution in [0.5, 0.6) is 0 Å². The van der Waals surface area contributed by atoms with Crippen LogP contribution in [0.2, 0.25) is 0 Å². The summed E-state index contributed by atoms with van der Waals surface area (Å²) < 4.78 is 9.98. The van der Waals surface area contributed by atoms with Crippen molar-refractivity contribution in [2.24, 2.45) is 4.99 Å². The van der Waals surface area contributed by atoms with Gasteiger partial charge in [0.1, 0.15) is 24.0 Å².